The second-order valence-electron chi connectivity index (χ2n) is 5.81. The van der Waals surface area contributed by atoms with E-state index in [0.717, 1.165) is 0 Å². The van der Waals surface area contributed by atoms with Gasteiger partial charge in [0.2, 0.25) is 0 Å². The van der Waals surface area contributed by atoms with Gasteiger partial charge >= 0.3 is 11.9 Å². The number of para-hydroxylation sites is 1. The van der Waals surface area contributed by atoms with Crippen LogP contribution in [0.3, 0.4) is 0 Å². The highest BCUT2D eigenvalue weighted by atomic mass is 16.6. The highest BCUT2D eigenvalue weighted by Crippen LogP contribution is 2.43. The number of carbonyl (C=O) groups is 2. The first-order valence-corrected chi connectivity index (χ1v) is 7.70. The summed E-state index contributed by atoms with van der Waals surface area (Å²) in [7, 11) is 2.47. The number of esters is 2. The normalized spacial score (nSPS) is 22.8. The van der Waals surface area contributed by atoms with Crippen LogP contribution in [0.1, 0.15) is 25.3 Å². The standard InChI is InChI=1S/C17H20N2O6/c1-9-13(16(20)24-3)15(14(10(2)18-9)17(21)25-4)11-7-5-6-8-12(11)19(22)23/h5-9,13,15,18H,1-4H3. The molecule has 0 saturated heterocycles. The maximum absolute atomic E-state index is 12.4. The maximum atomic E-state index is 12.4. The predicted molar refractivity (Wildman–Crippen MR) is 88.7 cm³/mol. The first kappa shape index (κ1) is 18.4. The molecule has 25 heavy (non-hydrogen) atoms. The van der Waals surface area contributed by atoms with Crippen LogP contribution < -0.4 is 5.32 Å². The molecule has 0 saturated carbocycles. The summed E-state index contributed by atoms with van der Waals surface area (Å²) in [5.41, 5.74) is 0.814. The van der Waals surface area contributed by atoms with Crippen molar-refractivity contribution < 1.29 is 24.0 Å². The summed E-state index contributed by atoms with van der Waals surface area (Å²) in [5, 5.41) is 14.5. The Balaban J connectivity index is 2.76. The molecule has 0 aliphatic carbocycles. The average molecular weight is 348 g/mol. The van der Waals surface area contributed by atoms with Gasteiger partial charge in [0.25, 0.3) is 5.69 Å². The Kier molecular flexibility index (Phi) is 5.41. The number of nitro groups is 1. The number of nitrogens with one attached hydrogen (secondary N) is 1. The van der Waals surface area contributed by atoms with Gasteiger partial charge in [0.05, 0.1) is 30.6 Å². The van der Waals surface area contributed by atoms with Gasteiger partial charge < -0.3 is 14.8 Å². The van der Waals surface area contributed by atoms with Gasteiger partial charge in [-0.3, -0.25) is 14.9 Å². The zero-order chi connectivity index (χ0) is 18.7. The molecule has 1 aliphatic rings. The molecule has 134 valence electrons. The number of nitro benzene ring substituents is 1. The van der Waals surface area contributed by atoms with Gasteiger partial charge in [-0.05, 0) is 13.8 Å². The van der Waals surface area contributed by atoms with Crippen molar-refractivity contribution >= 4 is 17.6 Å². The molecule has 1 aromatic rings. The van der Waals surface area contributed by atoms with Crippen molar-refractivity contribution in [2.75, 3.05) is 14.2 Å². The number of hydrogen-bond acceptors (Lipinski definition) is 7. The van der Waals surface area contributed by atoms with E-state index in [0.29, 0.717) is 5.70 Å². The molecule has 3 unspecified atom stereocenters. The van der Waals surface area contributed by atoms with Crippen LogP contribution in [0.2, 0.25) is 0 Å². The van der Waals surface area contributed by atoms with Crippen LogP contribution in [0.4, 0.5) is 5.69 Å². The number of hydrogen-bond donors (Lipinski definition) is 1. The topological polar surface area (TPSA) is 108 Å². The third-order valence-electron chi connectivity index (χ3n) is 4.40. The van der Waals surface area contributed by atoms with Crippen molar-refractivity contribution in [1.29, 1.82) is 0 Å². The van der Waals surface area contributed by atoms with Crippen LogP contribution in [0.15, 0.2) is 35.5 Å². The molecule has 8 nitrogen and oxygen atoms in total. The molecule has 0 radical (unpaired) electrons. The van der Waals surface area contributed by atoms with E-state index in [9.17, 15) is 19.7 Å². The number of carbonyl (C=O) groups excluding carboxylic acids is 2. The minimum Gasteiger partial charge on any atom is -0.469 e. The number of rotatable bonds is 4. The van der Waals surface area contributed by atoms with Crippen molar-refractivity contribution in [2.24, 2.45) is 5.92 Å². The molecule has 0 fully saturated rings. The van der Waals surface area contributed by atoms with Crippen LogP contribution in [0.25, 0.3) is 0 Å². The number of allylic oxidation sites excluding steroid dienone is 1. The molecular weight excluding hydrogens is 328 g/mol. The lowest BCUT2D eigenvalue weighted by Gasteiger charge is -2.37. The lowest BCUT2D eigenvalue weighted by atomic mass is 9.73. The van der Waals surface area contributed by atoms with E-state index in [-0.39, 0.29) is 22.9 Å². The minimum absolute atomic E-state index is 0.162. The van der Waals surface area contributed by atoms with Crippen LogP contribution in [-0.4, -0.2) is 37.1 Å². The van der Waals surface area contributed by atoms with Crippen molar-refractivity contribution in [3.05, 3.63) is 51.2 Å². The molecule has 1 aromatic carbocycles. The summed E-state index contributed by atoms with van der Waals surface area (Å²) in [6.07, 6.45) is 0. The summed E-state index contributed by atoms with van der Waals surface area (Å²) >= 11 is 0. The van der Waals surface area contributed by atoms with Gasteiger partial charge in [0.1, 0.15) is 0 Å². The Morgan fingerprint density at radius 2 is 1.84 bits per heavy atom. The van der Waals surface area contributed by atoms with E-state index in [2.05, 4.69) is 5.32 Å². The Bertz CT molecular complexity index is 742. The molecule has 0 amide bonds. The first-order chi connectivity index (χ1) is 11.8. The Hall–Kier alpha value is -2.90. The van der Waals surface area contributed by atoms with Crippen LogP contribution >= 0.6 is 0 Å². The number of benzene rings is 1. The zero-order valence-electron chi connectivity index (χ0n) is 14.4. The monoisotopic (exact) mass is 348 g/mol. The quantitative estimate of drug-likeness (QED) is 0.503. The summed E-state index contributed by atoms with van der Waals surface area (Å²) in [5.74, 6) is -2.87. The second kappa shape index (κ2) is 7.33. The van der Waals surface area contributed by atoms with E-state index < -0.39 is 28.7 Å². The molecule has 8 heteroatoms. The lowest BCUT2D eigenvalue weighted by molar-refractivity contribution is -0.385. The summed E-state index contributed by atoms with van der Waals surface area (Å²) in [6.45, 7) is 3.44. The molecule has 0 bridgehead atoms. The van der Waals surface area contributed by atoms with Gasteiger partial charge in [0, 0.05) is 29.3 Å². The molecule has 1 aliphatic heterocycles. The van der Waals surface area contributed by atoms with Crippen LogP contribution in [0, 0.1) is 16.0 Å². The van der Waals surface area contributed by atoms with Crippen molar-refractivity contribution in [2.45, 2.75) is 25.8 Å². The zero-order valence-corrected chi connectivity index (χ0v) is 14.4. The summed E-state index contributed by atoms with van der Waals surface area (Å²) < 4.78 is 9.74. The summed E-state index contributed by atoms with van der Waals surface area (Å²) in [6, 6.07) is 5.68. The second-order valence-corrected chi connectivity index (χ2v) is 5.81. The van der Waals surface area contributed by atoms with E-state index in [4.69, 9.17) is 9.47 Å². The van der Waals surface area contributed by atoms with Gasteiger partial charge in [0.15, 0.2) is 0 Å². The Labute approximate surface area is 145 Å². The number of nitrogens with zero attached hydrogens (tertiary/aromatic N) is 1. The molecular formula is C17H20N2O6. The van der Waals surface area contributed by atoms with E-state index in [1.165, 1.54) is 26.4 Å². The largest absolute Gasteiger partial charge is 0.469 e. The maximum Gasteiger partial charge on any atom is 0.336 e. The van der Waals surface area contributed by atoms with Crippen molar-refractivity contribution in [3.63, 3.8) is 0 Å². The fourth-order valence-corrected chi connectivity index (χ4v) is 3.34. The Morgan fingerprint density at radius 3 is 2.40 bits per heavy atom. The van der Waals surface area contributed by atoms with Crippen LogP contribution in [-0.2, 0) is 19.1 Å². The molecule has 0 spiro atoms. The third-order valence-corrected chi connectivity index (χ3v) is 4.40. The van der Waals surface area contributed by atoms with Crippen molar-refractivity contribution in [1.82, 2.24) is 5.32 Å². The third kappa shape index (κ3) is 3.33. The highest BCUT2D eigenvalue weighted by Gasteiger charge is 2.46. The molecule has 1 heterocycles. The van der Waals surface area contributed by atoms with E-state index in [1.807, 2.05) is 0 Å². The van der Waals surface area contributed by atoms with Crippen molar-refractivity contribution in [3.8, 4) is 0 Å². The van der Waals surface area contributed by atoms with Gasteiger partial charge in [-0.1, -0.05) is 18.2 Å². The fraction of sp³-hybridized carbons (Fsp3) is 0.412. The van der Waals surface area contributed by atoms with E-state index >= 15 is 0 Å². The minimum atomic E-state index is -0.849. The van der Waals surface area contributed by atoms with Gasteiger partial charge in [-0.2, -0.15) is 0 Å². The fourth-order valence-electron chi connectivity index (χ4n) is 3.34. The number of ether oxygens (including phenoxy) is 2. The predicted octanol–water partition coefficient (Wildman–Crippen LogP) is 1.91. The molecule has 3 atom stereocenters. The van der Waals surface area contributed by atoms with Gasteiger partial charge in [-0.25, -0.2) is 4.79 Å². The molecule has 1 N–H and O–H groups in total. The van der Waals surface area contributed by atoms with E-state index in [1.54, 1.807) is 26.0 Å². The van der Waals surface area contributed by atoms with Gasteiger partial charge in [-0.15, -0.1) is 0 Å². The average Bonchev–Trinajstić information content (AvgIpc) is 2.59. The number of methoxy groups -OCH3 is 2. The SMILES string of the molecule is COC(=O)C1=C(C)NC(C)C(C(=O)OC)C1c1ccccc1[N+](=O)[O-]. The molecule has 2 rings (SSSR count). The summed E-state index contributed by atoms with van der Waals surface area (Å²) in [4.78, 5) is 35.7. The lowest BCUT2D eigenvalue weighted by Crippen LogP contribution is -2.47. The van der Waals surface area contributed by atoms with Crippen LogP contribution in [0.5, 0.6) is 0 Å². The first-order valence-electron chi connectivity index (χ1n) is 7.70. The highest BCUT2D eigenvalue weighted by molar-refractivity contribution is 5.93. The molecule has 0 aromatic heterocycles. The smallest absolute Gasteiger partial charge is 0.336 e. The Morgan fingerprint density at radius 1 is 1.20 bits per heavy atom.